The summed E-state index contributed by atoms with van der Waals surface area (Å²) in [6.07, 6.45) is 2.74. The van der Waals surface area contributed by atoms with Crippen LogP contribution >= 0.6 is 11.6 Å². The van der Waals surface area contributed by atoms with Gasteiger partial charge in [0.2, 0.25) is 0 Å². The number of hydrogen-bond donors (Lipinski definition) is 1. The zero-order valence-electron chi connectivity index (χ0n) is 10.5. The lowest BCUT2D eigenvalue weighted by atomic mass is 10.0. The van der Waals surface area contributed by atoms with E-state index in [2.05, 4.69) is 17.1 Å². The Morgan fingerprint density at radius 2 is 2.12 bits per heavy atom. The summed E-state index contributed by atoms with van der Waals surface area (Å²) in [5, 5.41) is 4.23. The minimum atomic E-state index is 0.792. The molecule has 1 aromatic carbocycles. The average molecular weight is 253 g/mol. The van der Waals surface area contributed by atoms with Crippen molar-refractivity contribution in [3.63, 3.8) is 0 Å². The Labute approximate surface area is 109 Å². The average Bonchev–Trinajstić information content (AvgIpc) is 2.32. The van der Waals surface area contributed by atoms with Crippen LogP contribution in [-0.4, -0.2) is 31.1 Å². The molecule has 2 nitrogen and oxygen atoms in total. The fourth-order valence-corrected chi connectivity index (χ4v) is 2.54. The fraction of sp³-hybridized carbons (Fsp3) is 0.571. The van der Waals surface area contributed by atoms with Gasteiger partial charge in [0.15, 0.2) is 0 Å². The van der Waals surface area contributed by atoms with Gasteiger partial charge >= 0.3 is 0 Å². The number of nitrogens with zero attached hydrogens (tertiary/aromatic N) is 1. The predicted octanol–water partition coefficient (Wildman–Crippen LogP) is 3.48. The standard InChI is InChI=1S/C14H21ClN2/c1-12-3-2-9-17(11-12)10-8-16-14-6-4-13(15)5-7-14/h4-7,12,16H,2-3,8-11H2,1H3. The van der Waals surface area contributed by atoms with Crippen molar-refractivity contribution in [1.82, 2.24) is 4.90 Å². The highest BCUT2D eigenvalue weighted by atomic mass is 35.5. The van der Waals surface area contributed by atoms with E-state index < -0.39 is 0 Å². The first-order valence-corrected chi connectivity index (χ1v) is 6.83. The van der Waals surface area contributed by atoms with E-state index in [9.17, 15) is 0 Å². The van der Waals surface area contributed by atoms with E-state index in [1.807, 2.05) is 24.3 Å². The van der Waals surface area contributed by atoms with E-state index in [4.69, 9.17) is 11.6 Å². The molecule has 1 aromatic rings. The molecule has 0 spiro atoms. The third-order valence-electron chi connectivity index (χ3n) is 3.34. The zero-order valence-corrected chi connectivity index (χ0v) is 11.2. The highest BCUT2D eigenvalue weighted by molar-refractivity contribution is 6.30. The Kier molecular flexibility index (Phi) is 4.69. The second-order valence-corrected chi connectivity index (χ2v) is 5.42. The maximum Gasteiger partial charge on any atom is 0.0407 e. The number of rotatable bonds is 4. The first-order chi connectivity index (χ1) is 8.24. The largest absolute Gasteiger partial charge is 0.384 e. The Morgan fingerprint density at radius 3 is 2.82 bits per heavy atom. The van der Waals surface area contributed by atoms with Gasteiger partial charge in [-0.15, -0.1) is 0 Å². The van der Waals surface area contributed by atoms with E-state index >= 15 is 0 Å². The lowest BCUT2D eigenvalue weighted by Crippen LogP contribution is -2.37. The number of nitrogens with one attached hydrogen (secondary N) is 1. The summed E-state index contributed by atoms with van der Waals surface area (Å²) in [6, 6.07) is 7.90. The molecule has 0 saturated carbocycles. The van der Waals surface area contributed by atoms with Gasteiger partial charge in [0.1, 0.15) is 0 Å². The van der Waals surface area contributed by atoms with Gasteiger partial charge in [0.05, 0.1) is 0 Å². The van der Waals surface area contributed by atoms with Crippen LogP contribution in [0.3, 0.4) is 0 Å². The van der Waals surface area contributed by atoms with E-state index in [0.29, 0.717) is 0 Å². The Hall–Kier alpha value is -0.730. The van der Waals surface area contributed by atoms with Crippen LogP contribution in [0.1, 0.15) is 19.8 Å². The van der Waals surface area contributed by atoms with Crippen LogP contribution in [0.2, 0.25) is 5.02 Å². The van der Waals surface area contributed by atoms with Gasteiger partial charge < -0.3 is 10.2 Å². The second kappa shape index (κ2) is 6.27. The summed E-state index contributed by atoms with van der Waals surface area (Å²) >= 11 is 5.85. The number of hydrogen-bond acceptors (Lipinski definition) is 2. The van der Waals surface area contributed by atoms with Crippen LogP contribution in [0.15, 0.2) is 24.3 Å². The second-order valence-electron chi connectivity index (χ2n) is 4.98. The normalized spacial score (nSPS) is 21.4. The fourth-order valence-electron chi connectivity index (χ4n) is 2.42. The molecule has 0 aliphatic carbocycles. The third kappa shape index (κ3) is 4.21. The maximum absolute atomic E-state index is 5.85. The molecule has 0 bridgehead atoms. The molecule has 1 fully saturated rings. The Morgan fingerprint density at radius 1 is 1.35 bits per heavy atom. The smallest absolute Gasteiger partial charge is 0.0407 e. The lowest BCUT2D eigenvalue weighted by Gasteiger charge is -2.30. The summed E-state index contributed by atoms with van der Waals surface area (Å²) in [6.45, 7) is 7.00. The monoisotopic (exact) mass is 252 g/mol. The third-order valence-corrected chi connectivity index (χ3v) is 3.59. The number of halogens is 1. The summed E-state index contributed by atoms with van der Waals surface area (Å²) in [7, 11) is 0. The van der Waals surface area contributed by atoms with Gasteiger partial charge in [0, 0.05) is 30.3 Å². The van der Waals surface area contributed by atoms with Gasteiger partial charge in [-0.3, -0.25) is 0 Å². The molecule has 0 radical (unpaired) electrons. The maximum atomic E-state index is 5.85. The minimum Gasteiger partial charge on any atom is -0.384 e. The molecule has 1 heterocycles. The van der Waals surface area contributed by atoms with Crippen molar-refractivity contribution >= 4 is 17.3 Å². The van der Waals surface area contributed by atoms with Crippen molar-refractivity contribution in [1.29, 1.82) is 0 Å². The van der Waals surface area contributed by atoms with Crippen LogP contribution < -0.4 is 5.32 Å². The van der Waals surface area contributed by atoms with Crippen molar-refractivity contribution in [3.05, 3.63) is 29.3 Å². The minimum absolute atomic E-state index is 0.792. The van der Waals surface area contributed by atoms with Gasteiger partial charge in [0.25, 0.3) is 0 Å². The SMILES string of the molecule is CC1CCCN(CCNc2ccc(Cl)cc2)C1. The van der Waals surface area contributed by atoms with Crippen molar-refractivity contribution in [2.75, 3.05) is 31.5 Å². The van der Waals surface area contributed by atoms with Gasteiger partial charge in [-0.2, -0.15) is 0 Å². The first kappa shape index (κ1) is 12.7. The molecule has 3 heteroatoms. The highest BCUT2D eigenvalue weighted by Gasteiger charge is 2.15. The van der Waals surface area contributed by atoms with E-state index in [1.54, 1.807) is 0 Å². The van der Waals surface area contributed by atoms with Crippen molar-refractivity contribution in [2.45, 2.75) is 19.8 Å². The van der Waals surface area contributed by atoms with Crippen LogP contribution in [0.5, 0.6) is 0 Å². The number of likely N-dealkylation sites (tertiary alicyclic amines) is 1. The number of benzene rings is 1. The lowest BCUT2D eigenvalue weighted by molar-refractivity contribution is 0.190. The molecule has 2 rings (SSSR count). The molecule has 1 atom stereocenters. The molecular weight excluding hydrogens is 232 g/mol. The van der Waals surface area contributed by atoms with Crippen molar-refractivity contribution in [3.8, 4) is 0 Å². The molecule has 0 aromatic heterocycles. The van der Waals surface area contributed by atoms with Gasteiger partial charge in [-0.25, -0.2) is 0 Å². The summed E-state index contributed by atoms with van der Waals surface area (Å²) in [4.78, 5) is 2.55. The van der Waals surface area contributed by atoms with Crippen molar-refractivity contribution < 1.29 is 0 Å². The summed E-state index contributed by atoms with van der Waals surface area (Å²) in [5.41, 5.74) is 1.15. The Bertz CT molecular complexity index is 337. The molecular formula is C14H21ClN2. The molecule has 1 N–H and O–H groups in total. The molecule has 94 valence electrons. The molecule has 1 unspecified atom stereocenters. The van der Waals surface area contributed by atoms with Gasteiger partial charge in [-0.1, -0.05) is 18.5 Å². The molecule has 1 saturated heterocycles. The molecule has 1 aliphatic heterocycles. The van der Waals surface area contributed by atoms with Crippen LogP contribution in [0.4, 0.5) is 5.69 Å². The van der Waals surface area contributed by atoms with Crippen LogP contribution in [0, 0.1) is 5.92 Å². The summed E-state index contributed by atoms with van der Waals surface area (Å²) in [5.74, 6) is 0.860. The molecule has 0 amide bonds. The Balaban J connectivity index is 1.70. The van der Waals surface area contributed by atoms with Crippen LogP contribution in [0.25, 0.3) is 0 Å². The topological polar surface area (TPSA) is 15.3 Å². The molecule has 1 aliphatic rings. The van der Waals surface area contributed by atoms with Gasteiger partial charge in [-0.05, 0) is 49.6 Å². The highest BCUT2D eigenvalue weighted by Crippen LogP contribution is 2.15. The quantitative estimate of drug-likeness (QED) is 0.883. The first-order valence-electron chi connectivity index (χ1n) is 6.46. The predicted molar refractivity (Wildman–Crippen MR) is 74.8 cm³/mol. The number of piperidine rings is 1. The number of anilines is 1. The summed E-state index contributed by atoms with van der Waals surface area (Å²) < 4.78 is 0. The zero-order chi connectivity index (χ0) is 12.1. The van der Waals surface area contributed by atoms with Crippen LogP contribution in [-0.2, 0) is 0 Å². The molecule has 17 heavy (non-hydrogen) atoms. The van der Waals surface area contributed by atoms with E-state index in [0.717, 1.165) is 29.7 Å². The van der Waals surface area contributed by atoms with E-state index in [-0.39, 0.29) is 0 Å². The van der Waals surface area contributed by atoms with Crippen molar-refractivity contribution in [2.24, 2.45) is 5.92 Å². The van der Waals surface area contributed by atoms with E-state index in [1.165, 1.54) is 25.9 Å².